The Kier molecular flexibility index (Phi) is 8.92. The standard InChI is InChI=1S/C20H28N2O6/c1-6-15(9-16(10-21)22(25)26)8-7-12(2)19(27-5)13(3)17-11-28-20(24)18(17)14(4)23/h8,16,23,25-26H,6-7,9,11H2,1-5H3/b15-8+,17-13-,18-14-,19-12-. The van der Waals surface area contributed by atoms with E-state index in [0.29, 0.717) is 29.7 Å². The first-order chi connectivity index (χ1) is 13.2. The van der Waals surface area contributed by atoms with Gasteiger partial charge in [-0.15, -0.1) is 0 Å². The molecule has 8 nitrogen and oxygen atoms in total. The number of nitrogens with zero attached hydrogens (tertiary/aromatic N) is 2. The molecule has 1 rings (SSSR count). The van der Waals surface area contributed by atoms with E-state index in [-0.39, 0.29) is 29.6 Å². The molecule has 1 aliphatic heterocycles. The highest BCUT2D eigenvalue weighted by Crippen LogP contribution is 2.31. The van der Waals surface area contributed by atoms with E-state index in [0.717, 1.165) is 11.1 Å². The Morgan fingerprint density at radius 2 is 2.04 bits per heavy atom. The fourth-order valence-corrected chi connectivity index (χ4v) is 3.04. The number of esters is 1. The molecule has 1 fully saturated rings. The van der Waals surface area contributed by atoms with Gasteiger partial charge in [-0.3, -0.25) is 10.4 Å². The van der Waals surface area contributed by atoms with Crippen molar-refractivity contribution in [3.63, 3.8) is 0 Å². The minimum atomic E-state index is -1.04. The first-order valence-electron chi connectivity index (χ1n) is 8.93. The molecule has 3 N–H and O–H groups in total. The Morgan fingerprint density at radius 3 is 2.50 bits per heavy atom. The minimum Gasteiger partial charge on any atom is -0.512 e. The third-order valence-corrected chi connectivity index (χ3v) is 4.63. The molecule has 1 unspecified atom stereocenters. The molecular formula is C20H28N2O6. The smallest absolute Gasteiger partial charge is 0.342 e. The fraction of sp³-hybridized carbons (Fsp3) is 0.500. The molecule has 1 aliphatic rings. The van der Waals surface area contributed by atoms with E-state index in [1.807, 2.05) is 26.0 Å². The lowest BCUT2D eigenvalue weighted by atomic mass is 9.97. The number of nitriles is 1. The van der Waals surface area contributed by atoms with Crippen molar-refractivity contribution in [3.8, 4) is 6.07 Å². The summed E-state index contributed by atoms with van der Waals surface area (Å²) >= 11 is 0. The van der Waals surface area contributed by atoms with Crippen LogP contribution in [-0.2, 0) is 14.3 Å². The van der Waals surface area contributed by atoms with Crippen molar-refractivity contribution in [2.24, 2.45) is 0 Å². The molecule has 0 bridgehead atoms. The Morgan fingerprint density at radius 1 is 1.39 bits per heavy atom. The monoisotopic (exact) mass is 392 g/mol. The number of carbonyl (C=O) groups excluding carboxylic acids is 1. The number of ether oxygens (including phenoxy) is 2. The summed E-state index contributed by atoms with van der Waals surface area (Å²) in [5.41, 5.74) is 3.22. The van der Waals surface area contributed by atoms with Crippen molar-refractivity contribution in [1.29, 1.82) is 5.26 Å². The predicted molar refractivity (Wildman–Crippen MR) is 101 cm³/mol. The van der Waals surface area contributed by atoms with Crippen LogP contribution in [0, 0.1) is 11.3 Å². The average Bonchev–Trinajstić information content (AvgIpc) is 3.03. The van der Waals surface area contributed by atoms with Crippen LogP contribution >= 0.6 is 0 Å². The van der Waals surface area contributed by atoms with Crippen LogP contribution in [-0.4, -0.2) is 46.5 Å². The number of aliphatic hydroxyl groups excluding tert-OH is 1. The molecule has 0 aromatic rings. The number of hydroxylamine groups is 2. The highest BCUT2D eigenvalue weighted by molar-refractivity contribution is 5.97. The zero-order chi connectivity index (χ0) is 21.4. The number of aliphatic hydroxyl groups is 1. The summed E-state index contributed by atoms with van der Waals surface area (Å²) in [5.74, 6) is -0.0736. The van der Waals surface area contributed by atoms with Gasteiger partial charge in [-0.2, -0.15) is 5.26 Å². The van der Waals surface area contributed by atoms with Crippen LogP contribution in [0.25, 0.3) is 0 Å². The van der Waals surface area contributed by atoms with Crippen LogP contribution in [0.4, 0.5) is 0 Å². The largest absolute Gasteiger partial charge is 0.512 e. The molecule has 0 aliphatic carbocycles. The number of hydrogen-bond donors (Lipinski definition) is 3. The predicted octanol–water partition coefficient (Wildman–Crippen LogP) is 3.70. The molecule has 154 valence electrons. The zero-order valence-corrected chi connectivity index (χ0v) is 16.9. The van der Waals surface area contributed by atoms with Crippen molar-refractivity contribution in [1.82, 2.24) is 5.23 Å². The summed E-state index contributed by atoms with van der Waals surface area (Å²) in [6.07, 6.45) is 3.29. The summed E-state index contributed by atoms with van der Waals surface area (Å²) in [5, 5.41) is 36.9. The maximum Gasteiger partial charge on any atom is 0.342 e. The molecule has 8 heteroatoms. The number of carbonyl (C=O) groups is 1. The second kappa shape index (κ2) is 10.7. The van der Waals surface area contributed by atoms with Crippen molar-refractivity contribution in [3.05, 3.63) is 45.5 Å². The van der Waals surface area contributed by atoms with Crippen LogP contribution in [0.2, 0.25) is 0 Å². The van der Waals surface area contributed by atoms with Crippen LogP contribution in [0.5, 0.6) is 0 Å². The first-order valence-corrected chi connectivity index (χ1v) is 8.93. The second-order valence-corrected chi connectivity index (χ2v) is 6.54. The summed E-state index contributed by atoms with van der Waals surface area (Å²) in [4.78, 5) is 11.8. The van der Waals surface area contributed by atoms with E-state index in [2.05, 4.69) is 0 Å². The molecule has 28 heavy (non-hydrogen) atoms. The van der Waals surface area contributed by atoms with Gasteiger partial charge in [-0.1, -0.05) is 23.8 Å². The van der Waals surface area contributed by atoms with E-state index in [4.69, 9.17) is 25.2 Å². The Bertz CT molecular complexity index is 764. The first kappa shape index (κ1) is 23.4. The number of hydrogen-bond acceptors (Lipinski definition) is 8. The van der Waals surface area contributed by atoms with Gasteiger partial charge in [0, 0.05) is 12.0 Å². The average molecular weight is 392 g/mol. The lowest BCUT2D eigenvalue weighted by molar-refractivity contribution is -0.321. The molecule has 0 radical (unpaired) electrons. The summed E-state index contributed by atoms with van der Waals surface area (Å²) in [6, 6.07) is 0.790. The van der Waals surface area contributed by atoms with Crippen LogP contribution < -0.4 is 0 Å². The van der Waals surface area contributed by atoms with Gasteiger partial charge in [0.05, 0.1) is 13.2 Å². The third kappa shape index (κ3) is 5.70. The van der Waals surface area contributed by atoms with Crippen molar-refractivity contribution < 1.29 is 29.8 Å². The van der Waals surface area contributed by atoms with Gasteiger partial charge in [0.1, 0.15) is 23.7 Å². The Balaban J connectivity index is 3.18. The highest BCUT2D eigenvalue weighted by atomic mass is 16.8. The van der Waals surface area contributed by atoms with Crippen molar-refractivity contribution >= 4 is 5.97 Å². The highest BCUT2D eigenvalue weighted by Gasteiger charge is 2.30. The molecule has 0 spiro atoms. The minimum absolute atomic E-state index is 0.0702. The molecule has 0 aromatic carbocycles. The lowest BCUT2D eigenvalue weighted by Crippen LogP contribution is -2.27. The van der Waals surface area contributed by atoms with Gasteiger partial charge in [-0.05, 0) is 44.8 Å². The van der Waals surface area contributed by atoms with E-state index in [1.165, 1.54) is 14.0 Å². The maximum absolute atomic E-state index is 11.8. The summed E-state index contributed by atoms with van der Waals surface area (Å²) in [6.45, 7) is 7.11. The number of rotatable bonds is 8. The van der Waals surface area contributed by atoms with E-state index >= 15 is 0 Å². The summed E-state index contributed by atoms with van der Waals surface area (Å²) < 4.78 is 10.6. The van der Waals surface area contributed by atoms with Crippen LogP contribution in [0.1, 0.15) is 47.0 Å². The van der Waals surface area contributed by atoms with Gasteiger partial charge in [0.25, 0.3) is 0 Å². The second-order valence-electron chi connectivity index (χ2n) is 6.54. The molecule has 1 atom stereocenters. The third-order valence-electron chi connectivity index (χ3n) is 4.63. The van der Waals surface area contributed by atoms with Gasteiger partial charge >= 0.3 is 5.97 Å². The van der Waals surface area contributed by atoms with Crippen LogP contribution in [0.15, 0.2) is 45.5 Å². The lowest BCUT2D eigenvalue weighted by Gasteiger charge is -2.16. The van der Waals surface area contributed by atoms with Crippen LogP contribution in [0.3, 0.4) is 0 Å². The maximum atomic E-state index is 11.8. The molecule has 0 aromatic heterocycles. The number of methoxy groups -OCH3 is 1. The zero-order valence-electron chi connectivity index (χ0n) is 16.9. The normalized spacial score (nSPS) is 20.4. The van der Waals surface area contributed by atoms with Gasteiger partial charge in [-0.25, -0.2) is 4.79 Å². The fourth-order valence-electron chi connectivity index (χ4n) is 3.04. The topological polar surface area (TPSA) is 123 Å². The van der Waals surface area contributed by atoms with Gasteiger partial charge in [0.2, 0.25) is 0 Å². The molecule has 1 heterocycles. The summed E-state index contributed by atoms with van der Waals surface area (Å²) in [7, 11) is 1.53. The van der Waals surface area contributed by atoms with Crippen molar-refractivity contribution in [2.45, 2.75) is 53.0 Å². The van der Waals surface area contributed by atoms with Crippen molar-refractivity contribution in [2.75, 3.05) is 13.7 Å². The quantitative estimate of drug-likeness (QED) is 0.188. The van der Waals surface area contributed by atoms with Gasteiger partial charge < -0.3 is 14.6 Å². The van der Waals surface area contributed by atoms with E-state index < -0.39 is 12.0 Å². The molecule has 0 amide bonds. The van der Waals surface area contributed by atoms with E-state index in [1.54, 1.807) is 6.92 Å². The SMILES string of the molecule is CC/C(=C\C/C(C)=C(OC)/C(C)=C1/COC(=O)/C1=C(/C)O)CC(C#N)N(O)O. The molecular weight excluding hydrogens is 364 g/mol. The molecule has 0 saturated carbocycles. The number of allylic oxidation sites excluding steroid dienone is 4. The molecule has 1 saturated heterocycles. The Labute approximate surface area is 165 Å². The number of cyclic esters (lactones) is 1. The van der Waals surface area contributed by atoms with E-state index in [9.17, 15) is 9.90 Å². The Hall–Kier alpha value is -2.60. The van der Waals surface area contributed by atoms with Gasteiger partial charge in [0.15, 0.2) is 6.04 Å².